The van der Waals surface area contributed by atoms with Crippen LogP contribution in [-0.4, -0.2) is 46.5 Å². The molecule has 3 rings (SSSR count). The van der Waals surface area contributed by atoms with Gasteiger partial charge >= 0.3 is 0 Å². The first-order valence-corrected chi connectivity index (χ1v) is 7.22. The van der Waals surface area contributed by atoms with Crippen molar-refractivity contribution in [3.8, 4) is 17.1 Å². The number of piperidine rings is 1. The fraction of sp³-hybridized carbons (Fsp3) is 0.467. The fourth-order valence-corrected chi connectivity index (χ4v) is 2.51. The largest absolute Gasteiger partial charge is 0.494 e. The third-order valence-electron chi connectivity index (χ3n) is 3.79. The number of methoxy groups -OCH3 is 1. The Hall–Kier alpha value is -1.99. The van der Waals surface area contributed by atoms with Gasteiger partial charge in [-0.2, -0.15) is 4.98 Å². The van der Waals surface area contributed by atoms with Crippen molar-refractivity contribution in [3.05, 3.63) is 29.9 Å². The van der Waals surface area contributed by atoms with E-state index in [-0.39, 0.29) is 11.9 Å². The van der Waals surface area contributed by atoms with Gasteiger partial charge in [-0.05, 0) is 31.0 Å². The van der Waals surface area contributed by atoms with E-state index in [4.69, 9.17) is 9.26 Å². The van der Waals surface area contributed by atoms with E-state index in [0.717, 1.165) is 25.9 Å². The molecular formula is C15H18FN3O3. The molecule has 0 radical (unpaired) electrons. The Labute approximate surface area is 127 Å². The summed E-state index contributed by atoms with van der Waals surface area (Å²) >= 11 is 0. The molecule has 1 aromatic heterocycles. The zero-order valence-electron chi connectivity index (χ0n) is 12.3. The highest BCUT2D eigenvalue weighted by molar-refractivity contribution is 5.56. The Bertz CT molecular complexity index is 639. The highest BCUT2D eigenvalue weighted by atomic mass is 19.1. The summed E-state index contributed by atoms with van der Waals surface area (Å²) in [5.74, 6) is 0.562. The van der Waals surface area contributed by atoms with Crippen molar-refractivity contribution in [3.63, 3.8) is 0 Å². The molecule has 0 unspecified atom stereocenters. The zero-order valence-corrected chi connectivity index (χ0v) is 12.3. The highest BCUT2D eigenvalue weighted by Gasteiger charge is 2.19. The van der Waals surface area contributed by atoms with Gasteiger partial charge in [-0.3, -0.25) is 4.90 Å². The molecule has 1 aliphatic rings. The Morgan fingerprint density at radius 2 is 2.18 bits per heavy atom. The van der Waals surface area contributed by atoms with Gasteiger partial charge in [0.1, 0.15) is 0 Å². The predicted octanol–water partition coefficient (Wildman–Crippen LogP) is 1.84. The molecular weight excluding hydrogens is 289 g/mol. The SMILES string of the molecule is COc1ccc(-c2noc(CN3CCC(O)CC3)n2)cc1F. The first kappa shape index (κ1) is 14.9. The van der Waals surface area contributed by atoms with Gasteiger partial charge in [0, 0.05) is 18.7 Å². The molecule has 0 saturated carbocycles. The summed E-state index contributed by atoms with van der Waals surface area (Å²) in [4.78, 5) is 6.45. The normalized spacial score (nSPS) is 16.9. The summed E-state index contributed by atoms with van der Waals surface area (Å²) in [7, 11) is 1.42. The van der Waals surface area contributed by atoms with Gasteiger partial charge in [0.15, 0.2) is 11.6 Å². The molecule has 6 nitrogen and oxygen atoms in total. The predicted molar refractivity (Wildman–Crippen MR) is 76.8 cm³/mol. The van der Waals surface area contributed by atoms with Crippen molar-refractivity contribution in [2.45, 2.75) is 25.5 Å². The lowest BCUT2D eigenvalue weighted by Crippen LogP contribution is -2.35. The van der Waals surface area contributed by atoms with E-state index >= 15 is 0 Å². The number of likely N-dealkylation sites (tertiary alicyclic amines) is 1. The van der Waals surface area contributed by atoms with Gasteiger partial charge in [-0.25, -0.2) is 4.39 Å². The van der Waals surface area contributed by atoms with Gasteiger partial charge in [0.25, 0.3) is 0 Å². The summed E-state index contributed by atoms with van der Waals surface area (Å²) in [5.41, 5.74) is 0.544. The molecule has 2 aromatic rings. The average molecular weight is 307 g/mol. The molecule has 1 N–H and O–H groups in total. The number of halogens is 1. The van der Waals surface area contributed by atoms with E-state index in [1.165, 1.54) is 19.2 Å². The van der Waals surface area contributed by atoms with Crippen LogP contribution in [0.15, 0.2) is 22.7 Å². The number of aliphatic hydroxyl groups is 1. The van der Waals surface area contributed by atoms with Gasteiger partial charge in [0.05, 0.1) is 19.8 Å². The third kappa shape index (κ3) is 3.26. The third-order valence-corrected chi connectivity index (χ3v) is 3.79. The Morgan fingerprint density at radius 3 is 2.86 bits per heavy atom. The van der Waals surface area contributed by atoms with Crippen LogP contribution in [0.25, 0.3) is 11.4 Å². The minimum absolute atomic E-state index is 0.180. The Morgan fingerprint density at radius 1 is 1.41 bits per heavy atom. The number of ether oxygens (including phenoxy) is 1. The van der Waals surface area contributed by atoms with Crippen molar-refractivity contribution in [2.24, 2.45) is 0 Å². The van der Waals surface area contributed by atoms with Crippen LogP contribution in [0.2, 0.25) is 0 Å². The fourth-order valence-electron chi connectivity index (χ4n) is 2.51. The molecule has 0 bridgehead atoms. The number of hydrogen-bond acceptors (Lipinski definition) is 6. The van der Waals surface area contributed by atoms with E-state index in [9.17, 15) is 9.50 Å². The maximum absolute atomic E-state index is 13.7. The minimum atomic E-state index is -0.462. The van der Waals surface area contributed by atoms with Crippen molar-refractivity contribution in [1.82, 2.24) is 15.0 Å². The highest BCUT2D eigenvalue weighted by Crippen LogP contribution is 2.24. The molecule has 0 atom stereocenters. The standard InChI is InChI=1S/C15H18FN3O3/c1-21-13-3-2-10(8-12(13)16)15-17-14(22-18-15)9-19-6-4-11(20)5-7-19/h2-3,8,11,20H,4-7,9H2,1H3. The Balaban J connectivity index is 1.69. The average Bonchev–Trinajstić information content (AvgIpc) is 2.98. The smallest absolute Gasteiger partial charge is 0.241 e. The molecule has 1 fully saturated rings. The van der Waals surface area contributed by atoms with Gasteiger partial charge in [-0.15, -0.1) is 0 Å². The number of rotatable bonds is 4. The van der Waals surface area contributed by atoms with E-state index < -0.39 is 5.82 Å². The quantitative estimate of drug-likeness (QED) is 0.929. The second kappa shape index (κ2) is 6.41. The van der Waals surface area contributed by atoms with Gasteiger partial charge < -0.3 is 14.4 Å². The van der Waals surface area contributed by atoms with Crippen LogP contribution in [0.5, 0.6) is 5.75 Å². The van der Waals surface area contributed by atoms with E-state index in [0.29, 0.717) is 23.8 Å². The van der Waals surface area contributed by atoms with E-state index in [1.54, 1.807) is 6.07 Å². The minimum Gasteiger partial charge on any atom is -0.494 e. The monoisotopic (exact) mass is 307 g/mol. The lowest BCUT2D eigenvalue weighted by molar-refractivity contribution is 0.0740. The number of hydrogen-bond donors (Lipinski definition) is 1. The van der Waals surface area contributed by atoms with E-state index in [1.807, 2.05) is 0 Å². The van der Waals surface area contributed by atoms with E-state index in [2.05, 4.69) is 15.0 Å². The van der Waals surface area contributed by atoms with Crippen LogP contribution in [-0.2, 0) is 6.54 Å². The molecule has 118 valence electrons. The summed E-state index contributed by atoms with van der Waals surface area (Å²) in [6.45, 7) is 2.14. The molecule has 1 aliphatic heterocycles. The summed E-state index contributed by atoms with van der Waals surface area (Å²) in [5, 5.41) is 13.4. The van der Waals surface area contributed by atoms with Crippen molar-refractivity contribution < 1.29 is 18.8 Å². The van der Waals surface area contributed by atoms with Crippen molar-refractivity contribution >= 4 is 0 Å². The lowest BCUT2D eigenvalue weighted by atomic mass is 10.1. The molecule has 2 heterocycles. The van der Waals surface area contributed by atoms with Crippen LogP contribution in [0.4, 0.5) is 4.39 Å². The molecule has 22 heavy (non-hydrogen) atoms. The zero-order chi connectivity index (χ0) is 15.5. The van der Waals surface area contributed by atoms with Crippen LogP contribution in [0.1, 0.15) is 18.7 Å². The van der Waals surface area contributed by atoms with Gasteiger partial charge in [0.2, 0.25) is 11.7 Å². The topological polar surface area (TPSA) is 71.6 Å². The first-order chi connectivity index (χ1) is 10.7. The van der Waals surface area contributed by atoms with Crippen LogP contribution in [0.3, 0.4) is 0 Å². The van der Waals surface area contributed by atoms with Crippen LogP contribution >= 0.6 is 0 Å². The second-order valence-electron chi connectivity index (χ2n) is 5.37. The summed E-state index contributed by atoms with van der Waals surface area (Å²) in [6.07, 6.45) is 1.30. The summed E-state index contributed by atoms with van der Waals surface area (Å²) in [6, 6.07) is 4.55. The maximum atomic E-state index is 13.7. The second-order valence-corrected chi connectivity index (χ2v) is 5.37. The number of aromatic nitrogens is 2. The first-order valence-electron chi connectivity index (χ1n) is 7.22. The van der Waals surface area contributed by atoms with Crippen molar-refractivity contribution in [1.29, 1.82) is 0 Å². The van der Waals surface area contributed by atoms with Crippen LogP contribution in [0, 0.1) is 5.82 Å². The lowest BCUT2D eigenvalue weighted by Gasteiger charge is -2.27. The molecule has 7 heteroatoms. The molecule has 0 spiro atoms. The number of nitrogens with zero attached hydrogens (tertiary/aromatic N) is 3. The molecule has 1 aromatic carbocycles. The maximum Gasteiger partial charge on any atom is 0.241 e. The van der Waals surface area contributed by atoms with Crippen LogP contribution < -0.4 is 4.74 Å². The Kier molecular flexibility index (Phi) is 4.35. The molecule has 0 aliphatic carbocycles. The number of benzene rings is 1. The summed E-state index contributed by atoms with van der Waals surface area (Å²) < 4.78 is 23.8. The molecule has 1 saturated heterocycles. The molecule has 0 amide bonds. The number of aliphatic hydroxyl groups excluding tert-OH is 1. The van der Waals surface area contributed by atoms with Gasteiger partial charge in [-0.1, -0.05) is 5.16 Å². The van der Waals surface area contributed by atoms with Crippen molar-refractivity contribution in [2.75, 3.05) is 20.2 Å².